The van der Waals surface area contributed by atoms with Gasteiger partial charge >= 0.3 is 0 Å². The van der Waals surface area contributed by atoms with E-state index in [0.717, 1.165) is 17.0 Å². The van der Waals surface area contributed by atoms with Crippen LogP contribution in [0, 0.1) is 6.92 Å². The minimum atomic E-state index is -0.0475. The molecule has 0 spiro atoms. The number of hydrogen-bond acceptors (Lipinski definition) is 4. The van der Waals surface area contributed by atoms with Gasteiger partial charge in [0.15, 0.2) is 5.17 Å². The summed E-state index contributed by atoms with van der Waals surface area (Å²) in [5.74, 6) is 0.718. The lowest BCUT2D eigenvalue weighted by molar-refractivity contribution is -0.121. The summed E-state index contributed by atoms with van der Waals surface area (Å²) in [7, 11) is 3.37. The van der Waals surface area contributed by atoms with Crippen molar-refractivity contribution in [2.45, 2.75) is 6.92 Å². The van der Waals surface area contributed by atoms with Gasteiger partial charge in [-0.1, -0.05) is 29.8 Å². The largest absolute Gasteiger partial charge is 0.497 e. The molecule has 0 aliphatic carbocycles. The minimum absolute atomic E-state index is 0.0475. The SMILES string of the molecule is COc1cccc(/C=C2\SC(=Nc3ccc(C)cc3)N(C)C2=O)c1. The number of likely N-dealkylation sites (N-methyl/N-ethyl adjacent to an activating group) is 1. The maximum atomic E-state index is 12.4. The van der Waals surface area contributed by atoms with Gasteiger partial charge < -0.3 is 4.74 Å². The Bertz CT molecular complexity index is 826. The Labute approximate surface area is 145 Å². The first-order chi connectivity index (χ1) is 11.6. The Balaban J connectivity index is 1.88. The molecule has 1 amide bonds. The van der Waals surface area contributed by atoms with Crippen molar-refractivity contribution in [2.75, 3.05) is 14.2 Å². The van der Waals surface area contributed by atoms with Gasteiger partial charge in [0.2, 0.25) is 0 Å². The van der Waals surface area contributed by atoms with Gasteiger partial charge in [-0.05, 0) is 54.6 Å². The number of rotatable bonds is 3. The van der Waals surface area contributed by atoms with Gasteiger partial charge in [0, 0.05) is 7.05 Å². The number of ether oxygens (including phenoxy) is 1. The lowest BCUT2D eigenvalue weighted by Crippen LogP contribution is -2.23. The molecule has 1 heterocycles. The monoisotopic (exact) mass is 338 g/mol. The Kier molecular flexibility index (Phi) is 4.71. The zero-order chi connectivity index (χ0) is 17.1. The smallest absolute Gasteiger partial charge is 0.266 e. The highest BCUT2D eigenvalue weighted by Crippen LogP contribution is 2.33. The molecule has 0 bridgehead atoms. The van der Waals surface area contributed by atoms with Crippen LogP contribution in [0.4, 0.5) is 5.69 Å². The third kappa shape index (κ3) is 3.51. The van der Waals surface area contributed by atoms with Crippen molar-refractivity contribution < 1.29 is 9.53 Å². The lowest BCUT2D eigenvalue weighted by atomic mass is 10.2. The summed E-state index contributed by atoms with van der Waals surface area (Å²) in [4.78, 5) is 19.2. The van der Waals surface area contributed by atoms with Crippen LogP contribution in [0.1, 0.15) is 11.1 Å². The van der Waals surface area contributed by atoms with Gasteiger partial charge in [0.05, 0.1) is 17.7 Å². The first-order valence-electron chi connectivity index (χ1n) is 7.54. The van der Waals surface area contributed by atoms with Gasteiger partial charge in [-0.3, -0.25) is 9.69 Å². The third-order valence-corrected chi connectivity index (χ3v) is 4.71. The second-order valence-corrected chi connectivity index (χ2v) is 6.49. The van der Waals surface area contributed by atoms with E-state index >= 15 is 0 Å². The highest BCUT2D eigenvalue weighted by atomic mass is 32.2. The number of methoxy groups -OCH3 is 1. The van der Waals surface area contributed by atoms with E-state index in [4.69, 9.17) is 4.74 Å². The van der Waals surface area contributed by atoms with Crippen molar-refractivity contribution in [3.8, 4) is 5.75 Å². The topological polar surface area (TPSA) is 41.9 Å². The van der Waals surface area contributed by atoms with E-state index in [0.29, 0.717) is 10.1 Å². The van der Waals surface area contributed by atoms with E-state index < -0.39 is 0 Å². The van der Waals surface area contributed by atoms with Crippen LogP contribution in [0.25, 0.3) is 6.08 Å². The molecule has 1 fully saturated rings. The summed E-state index contributed by atoms with van der Waals surface area (Å²) in [6.45, 7) is 2.03. The number of carbonyl (C=O) groups excluding carboxylic acids is 1. The molecule has 5 heteroatoms. The Morgan fingerprint density at radius 1 is 1.17 bits per heavy atom. The molecule has 24 heavy (non-hydrogen) atoms. The molecular weight excluding hydrogens is 320 g/mol. The molecule has 2 aromatic carbocycles. The molecule has 0 radical (unpaired) electrons. The summed E-state index contributed by atoms with van der Waals surface area (Å²) >= 11 is 1.38. The van der Waals surface area contributed by atoms with Crippen LogP contribution in [0.2, 0.25) is 0 Å². The van der Waals surface area contributed by atoms with Gasteiger partial charge in [0.1, 0.15) is 5.75 Å². The molecule has 122 valence electrons. The number of carbonyl (C=O) groups is 1. The number of hydrogen-bond donors (Lipinski definition) is 0. The van der Waals surface area contributed by atoms with Crippen LogP contribution in [-0.4, -0.2) is 30.1 Å². The number of thioether (sulfide) groups is 1. The Hall–Kier alpha value is -2.53. The van der Waals surface area contributed by atoms with Crippen molar-refractivity contribution >= 4 is 34.6 Å². The standard InChI is InChI=1S/C19H18N2O2S/c1-13-7-9-15(10-8-13)20-19-21(2)18(22)17(24-19)12-14-5-4-6-16(11-14)23-3/h4-12H,1-3H3/b17-12-,20-19?. The fourth-order valence-corrected chi connectivity index (χ4v) is 3.25. The molecule has 0 unspecified atom stereocenters. The zero-order valence-corrected chi connectivity index (χ0v) is 14.6. The van der Waals surface area contributed by atoms with Gasteiger partial charge in [-0.25, -0.2) is 4.99 Å². The molecule has 1 aliphatic heterocycles. The van der Waals surface area contributed by atoms with E-state index in [1.165, 1.54) is 17.3 Å². The molecule has 1 aliphatic rings. The van der Waals surface area contributed by atoms with Crippen LogP contribution in [0.5, 0.6) is 5.75 Å². The number of amides is 1. The number of benzene rings is 2. The number of amidine groups is 1. The van der Waals surface area contributed by atoms with Crippen molar-refractivity contribution in [3.05, 3.63) is 64.6 Å². The second kappa shape index (κ2) is 6.93. The fraction of sp³-hybridized carbons (Fsp3) is 0.158. The van der Waals surface area contributed by atoms with Crippen LogP contribution in [0.15, 0.2) is 58.4 Å². The summed E-state index contributed by atoms with van der Waals surface area (Å²) in [6, 6.07) is 15.5. The van der Waals surface area contributed by atoms with Crippen LogP contribution in [0.3, 0.4) is 0 Å². The quantitative estimate of drug-likeness (QED) is 0.786. The normalized spacial score (nSPS) is 17.8. The molecule has 0 aromatic heterocycles. The predicted octanol–water partition coefficient (Wildman–Crippen LogP) is 4.24. The number of aryl methyl sites for hydroxylation is 1. The lowest BCUT2D eigenvalue weighted by Gasteiger charge is -2.07. The van der Waals surface area contributed by atoms with Crippen molar-refractivity contribution in [3.63, 3.8) is 0 Å². The van der Waals surface area contributed by atoms with Crippen molar-refractivity contribution in [2.24, 2.45) is 4.99 Å². The summed E-state index contributed by atoms with van der Waals surface area (Å²) < 4.78 is 5.22. The molecule has 4 nitrogen and oxygen atoms in total. The Morgan fingerprint density at radius 3 is 2.62 bits per heavy atom. The van der Waals surface area contributed by atoms with Gasteiger partial charge in [-0.15, -0.1) is 0 Å². The van der Waals surface area contributed by atoms with Gasteiger partial charge in [0.25, 0.3) is 5.91 Å². The molecule has 0 atom stereocenters. The Morgan fingerprint density at radius 2 is 1.92 bits per heavy atom. The van der Waals surface area contributed by atoms with Crippen LogP contribution >= 0.6 is 11.8 Å². The third-order valence-electron chi connectivity index (χ3n) is 3.65. The number of aliphatic imine (C=N–C) groups is 1. The average molecular weight is 338 g/mol. The van der Waals surface area contributed by atoms with E-state index in [9.17, 15) is 4.79 Å². The molecule has 0 N–H and O–H groups in total. The first kappa shape index (κ1) is 16.3. The van der Waals surface area contributed by atoms with Crippen molar-refractivity contribution in [1.29, 1.82) is 0 Å². The second-order valence-electron chi connectivity index (χ2n) is 5.48. The van der Waals surface area contributed by atoms with E-state index in [1.54, 1.807) is 19.1 Å². The van der Waals surface area contributed by atoms with Crippen LogP contribution in [-0.2, 0) is 4.79 Å². The highest BCUT2D eigenvalue weighted by Gasteiger charge is 2.30. The highest BCUT2D eigenvalue weighted by molar-refractivity contribution is 8.18. The van der Waals surface area contributed by atoms with E-state index in [1.807, 2.05) is 61.5 Å². The van der Waals surface area contributed by atoms with Gasteiger partial charge in [-0.2, -0.15) is 0 Å². The summed E-state index contributed by atoms with van der Waals surface area (Å²) in [6.07, 6.45) is 1.86. The molecule has 0 saturated carbocycles. The predicted molar refractivity (Wildman–Crippen MR) is 99.6 cm³/mol. The zero-order valence-electron chi connectivity index (χ0n) is 13.8. The maximum Gasteiger partial charge on any atom is 0.266 e. The van der Waals surface area contributed by atoms with Crippen molar-refractivity contribution in [1.82, 2.24) is 4.90 Å². The molecule has 2 aromatic rings. The molecule has 3 rings (SSSR count). The van der Waals surface area contributed by atoms with E-state index in [2.05, 4.69) is 4.99 Å². The first-order valence-corrected chi connectivity index (χ1v) is 8.35. The van der Waals surface area contributed by atoms with E-state index in [-0.39, 0.29) is 5.91 Å². The molecule has 1 saturated heterocycles. The maximum absolute atomic E-state index is 12.4. The molecular formula is C19H18N2O2S. The fourth-order valence-electron chi connectivity index (χ4n) is 2.26. The minimum Gasteiger partial charge on any atom is -0.497 e. The number of nitrogens with zero attached hydrogens (tertiary/aromatic N) is 2. The van der Waals surface area contributed by atoms with Crippen LogP contribution < -0.4 is 4.74 Å². The summed E-state index contributed by atoms with van der Waals surface area (Å²) in [5, 5.41) is 0.679. The summed E-state index contributed by atoms with van der Waals surface area (Å²) in [5.41, 5.74) is 2.95. The average Bonchev–Trinajstić information content (AvgIpc) is 2.85.